The fourth-order valence-corrected chi connectivity index (χ4v) is 5.13. The third kappa shape index (κ3) is 5.60. The zero-order valence-corrected chi connectivity index (χ0v) is 23.1. The number of aliphatic carboxylic acids is 1. The summed E-state index contributed by atoms with van der Waals surface area (Å²) < 4.78 is 1.82. The average molecular weight is 556 g/mol. The molecule has 5 aromatic rings. The van der Waals surface area contributed by atoms with E-state index in [1.165, 1.54) is 5.01 Å². The fourth-order valence-electron chi connectivity index (χ4n) is 5.13. The third-order valence-corrected chi connectivity index (χ3v) is 7.34. The number of amides is 1. The number of carbonyl (C=O) groups excluding carboxylic acids is 1. The molecule has 8 heteroatoms. The Morgan fingerprint density at radius 3 is 2.21 bits per heavy atom. The zero-order valence-electron chi connectivity index (χ0n) is 23.1. The number of pyridine rings is 1. The predicted octanol–water partition coefficient (Wildman–Crippen LogP) is 6.45. The van der Waals surface area contributed by atoms with Gasteiger partial charge in [-0.3, -0.25) is 14.6 Å². The Labute approximate surface area is 243 Å². The van der Waals surface area contributed by atoms with Crippen LogP contribution in [0.25, 0.3) is 28.2 Å². The smallest absolute Gasteiger partial charge is 0.303 e. The Kier molecular flexibility index (Phi) is 7.43. The first-order chi connectivity index (χ1) is 20.5. The van der Waals surface area contributed by atoms with Crippen LogP contribution in [-0.2, 0) is 9.59 Å². The predicted molar refractivity (Wildman–Crippen MR) is 161 cm³/mol. The maximum Gasteiger partial charge on any atom is 0.303 e. The molecule has 1 amide bonds. The van der Waals surface area contributed by atoms with Crippen molar-refractivity contribution in [2.45, 2.75) is 32.2 Å². The van der Waals surface area contributed by atoms with E-state index in [2.05, 4.69) is 4.98 Å². The number of benzene rings is 3. The summed E-state index contributed by atoms with van der Waals surface area (Å²) in [5.41, 5.74) is 8.04. The van der Waals surface area contributed by atoms with Gasteiger partial charge in [0.05, 0.1) is 35.2 Å². The van der Waals surface area contributed by atoms with Crippen molar-refractivity contribution >= 4 is 17.6 Å². The van der Waals surface area contributed by atoms with Crippen LogP contribution in [-0.4, -0.2) is 42.5 Å². The Balaban J connectivity index is 1.40. The van der Waals surface area contributed by atoms with Crippen LogP contribution < -0.4 is 0 Å². The van der Waals surface area contributed by atoms with Crippen LogP contribution in [0.2, 0.25) is 0 Å². The molecule has 1 unspecified atom stereocenters. The first kappa shape index (κ1) is 26.8. The summed E-state index contributed by atoms with van der Waals surface area (Å²) in [4.78, 5) is 29.2. The minimum absolute atomic E-state index is 0.145. The van der Waals surface area contributed by atoms with E-state index in [4.69, 9.17) is 10.2 Å². The highest BCUT2D eigenvalue weighted by atomic mass is 16.4. The summed E-state index contributed by atoms with van der Waals surface area (Å²) in [6, 6.07) is 31.2. The van der Waals surface area contributed by atoms with E-state index in [-0.39, 0.29) is 18.7 Å². The topological polar surface area (TPSA) is 101 Å². The Morgan fingerprint density at radius 2 is 1.52 bits per heavy atom. The summed E-state index contributed by atoms with van der Waals surface area (Å²) in [6.07, 6.45) is 3.76. The van der Waals surface area contributed by atoms with Gasteiger partial charge in [0.25, 0.3) is 0 Å². The van der Waals surface area contributed by atoms with Crippen molar-refractivity contribution in [3.05, 3.63) is 126 Å². The molecule has 0 saturated heterocycles. The van der Waals surface area contributed by atoms with Gasteiger partial charge in [-0.05, 0) is 36.8 Å². The first-order valence-electron chi connectivity index (χ1n) is 13.8. The lowest BCUT2D eigenvalue weighted by Gasteiger charge is -2.21. The van der Waals surface area contributed by atoms with Gasteiger partial charge < -0.3 is 5.11 Å². The lowest BCUT2D eigenvalue weighted by molar-refractivity contribution is -0.141. The van der Waals surface area contributed by atoms with E-state index in [9.17, 15) is 14.7 Å². The molecule has 8 nitrogen and oxygen atoms in total. The van der Waals surface area contributed by atoms with Gasteiger partial charge in [0.15, 0.2) is 0 Å². The fraction of sp³-hybridized carbons (Fsp3) is 0.147. The standard InChI is InChI=1S/C34H29N5O3/c1-23-10-12-26(13-11-23)34-28(22-38(37-34)27-7-3-2-4-8-27)31-21-30(36-39(31)32(40)18-19-33(41)42)25-16-14-24(15-17-25)29-9-5-6-20-35-29/h2-17,20,22,31H,18-19,21H2,1H3,(H,41,42). The van der Waals surface area contributed by atoms with Gasteiger partial charge in [-0.15, -0.1) is 0 Å². The van der Waals surface area contributed by atoms with Crippen molar-refractivity contribution in [1.29, 1.82) is 0 Å². The maximum absolute atomic E-state index is 13.4. The van der Waals surface area contributed by atoms with Crippen molar-refractivity contribution in [3.63, 3.8) is 0 Å². The van der Waals surface area contributed by atoms with Crippen molar-refractivity contribution in [1.82, 2.24) is 19.8 Å². The lowest BCUT2D eigenvalue weighted by Crippen LogP contribution is -2.27. The second-order valence-electron chi connectivity index (χ2n) is 10.3. The highest BCUT2D eigenvalue weighted by Crippen LogP contribution is 2.39. The van der Waals surface area contributed by atoms with Crippen LogP contribution in [0.15, 0.2) is 115 Å². The molecule has 0 radical (unpaired) electrons. The van der Waals surface area contributed by atoms with Crippen LogP contribution in [0.5, 0.6) is 0 Å². The van der Waals surface area contributed by atoms with Crippen molar-refractivity contribution in [2.75, 3.05) is 0 Å². The number of carbonyl (C=O) groups is 2. The highest BCUT2D eigenvalue weighted by Gasteiger charge is 2.36. The number of aromatic nitrogens is 3. The number of hydrogen-bond acceptors (Lipinski definition) is 5. The van der Waals surface area contributed by atoms with Crippen LogP contribution in [0, 0.1) is 6.92 Å². The van der Waals surface area contributed by atoms with Gasteiger partial charge in [0.2, 0.25) is 5.91 Å². The summed E-state index contributed by atoms with van der Waals surface area (Å²) in [5.74, 6) is -1.37. The normalized spacial score (nSPS) is 14.5. The molecule has 42 heavy (non-hydrogen) atoms. The van der Waals surface area contributed by atoms with Crippen LogP contribution in [0.1, 0.15) is 42.0 Å². The molecule has 0 spiro atoms. The molecule has 3 aromatic carbocycles. The summed E-state index contributed by atoms with van der Waals surface area (Å²) in [6.45, 7) is 2.03. The summed E-state index contributed by atoms with van der Waals surface area (Å²) >= 11 is 0. The molecule has 1 aliphatic rings. The number of carboxylic acids is 1. The van der Waals surface area contributed by atoms with E-state index in [0.717, 1.165) is 50.6 Å². The SMILES string of the molecule is Cc1ccc(-c2nn(-c3ccccc3)cc2C2CC(c3ccc(-c4ccccn4)cc3)=NN2C(=O)CCC(=O)O)cc1. The quantitative estimate of drug-likeness (QED) is 0.237. The van der Waals surface area contributed by atoms with Crippen molar-refractivity contribution in [2.24, 2.45) is 5.10 Å². The van der Waals surface area contributed by atoms with E-state index in [1.54, 1.807) is 6.20 Å². The minimum Gasteiger partial charge on any atom is -0.481 e. The molecule has 6 rings (SSSR count). The number of hydrogen-bond donors (Lipinski definition) is 1. The monoisotopic (exact) mass is 555 g/mol. The average Bonchev–Trinajstić information content (AvgIpc) is 3.67. The van der Waals surface area contributed by atoms with E-state index in [1.807, 2.05) is 115 Å². The highest BCUT2D eigenvalue weighted by molar-refractivity contribution is 6.03. The van der Waals surface area contributed by atoms with Gasteiger partial charge in [0, 0.05) is 41.9 Å². The number of para-hydroxylation sites is 1. The number of hydrazone groups is 1. The molecule has 208 valence electrons. The van der Waals surface area contributed by atoms with Crippen molar-refractivity contribution < 1.29 is 14.7 Å². The maximum atomic E-state index is 13.4. The van der Waals surface area contributed by atoms with Crippen LogP contribution in [0.3, 0.4) is 0 Å². The molecular weight excluding hydrogens is 526 g/mol. The van der Waals surface area contributed by atoms with Crippen LogP contribution in [0.4, 0.5) is 0 Å². The van der Waals surface area contributed by atoms with E-state index < -0.39 is 12.0 Å². The minimum atomic E-state index is -1.02. The van der Waals surface area contributed by atoms with Crippen LogP contribution >= 0.6 is 0 Å². The molecule has 1 atom stereocenters. The molecular formula is C34H29N5O3. The zero-order chi connectivity index (χ0) is 29.1. The van der Waals surface area contributed by atoms with Gasteiger partial charge in [-0.25, -0.2) is 9.69 Å². The molecule has 0 bridgehead atoms. The molecule has 2 aromatic heterocycles. The number of carboxylic acid groups (broad SMARTS) is 1. The Hall–Kier alpha value is -5.37. The Morgan fingerprint density at radius 1 is 0.833 bits per heavy atom. The Bertz CT molecular complexity index is 1750. The lowest BCUT2D eigenvalue weighted by atomic mass is 9.95. The van der Waals surface area contributed by atoms with Gasteiger partial charge in [0.1, 0.15) is 0 Å². The number of rotatable bonds is 8. The summed E-state index contributed by atoms with van der Waals surface area (Å²) in [7, 11) is 0. The van der Waals surface area contributed by atoms with Gasteiger partial charge >= 0.3 is 5.97 Å². The van der Waals surface area contributed by atoms with Gasteiger partial charge in [-0.2, -0.15) is 10.2 Å². The van der Waals surface area contributed by atoms with Crippen molar-refractivity contribution in [3.8, 4) is 28.2 Å². The number of aryl methyl sites for hydroxylation is 1. The molecule has 1 aliphatic heterocycles. The molecule has 0 fully saturated rings. The van der Waals surface area contributed by atoms with E-state index >= 15 is 0 Å². The largest absolute Gasteiger partial charge is 0.481 e. The molecule has 0 aliphatic carbocycles. The molecule has 1 N–H and O–H groups in total. The van der Waals surface area contributed by atoms with E-state index in [0.29, 0.717) is 6.42 Å². The van der Waals surface area contributed by atoms with Gasteiger partial charge in [-0.1, -0.05) is 78.4 Å². The molecule has 3 heterocycles. The first-order valence-corrected chi connectivity index (χ1v) is 13.8. The molecule has 0 saturated carbocycles. The number of nitrogens with zero attached hydrogens (tertiary/aromatic N) is 5. The summed E-state index contributed by atoms with van der Waals surface area (Å²) in [5, 5.41) is 20.5. The second kappa shape index (κ2) is 11.6. The second-order valence-corrected chi connectivity index (χ2v) is 10.3. The third-order valence-electron chi connectivity index (χ3n) is 7.34.